The maximum atomic E-state index is 5.92. The summed E-state index contributed by atoms with van der Waals surface area (Å²) >= 11 is 0. The first-order valence-electron chi connectivity index (χ1n) is 5.41. The van der Waals surface area contributed by atoms with Crippen molar-refractivity contribution in [3.8, 4) is 0 Å². The van der Waals surface area contributed by atoms with E-state index >= 15 is 0 Å². The largest absolute Gasteiger partial charge is 0.500 e. The number of hydrogen-bond donors (Lipinski definition) is 2. The lowest BCUT2D eigenvalue weighted by Gasteiger charge is -2.35. The maximum absolute atomic E-state index is 5.92. The van der Waals surface area contributed by atoms with Gasteiger partial charge in [-0.05, 0) is 27.3 Å². The monoisotopic (exact) mass is 236 g/mol. The van der Waals surface area contributed by atoms with Crippen molar-refractivity contribution in [2.45, 2.75) is 40.1 Å². The molecule has 0 saturated heterocycles. The minimum atomic E-state index is -2.61. The van der Waals surface area contributed by atoms with Crippen molar-refractivity contribution in [1.29, 1.82) is 0 Å². The van der Waals surface area contributed by atoms with Crippen molar-refractivity contribution in [3.05, 3.63) is 0 Å². The van der Waals surface area contributed by atoms with Crippen molar-refractivity contribution < 1.29 is 13.3 Å². The lowest BCUT2D eigenvalue weighted by molar-refractivity contribution is -0.0309. The van der Waals surface area contributed by atoms with Gasteiger partial charge in [-0.1, -0.05) is 6.92 Å². The average Bonchev–Trinajstić information content (AvgIpc) is 2.02. The van der Waals surface area contributed by atoms with Crippen LogP contribution >= 0.6 is 0 Å². The third kappa shape index (κ3) is 6.24. The topological polar surface area (TPSA) is 65.7 Å². The van der Waals surface area contributed by atoms with Gasteiger partial charge in [-0.2, -0.15) is 0 Å². The van der Waals surface area contributed by atoms with Gasteiger partial charge < -0.3 is 13.3 Å². The Bertz CT molecular complexity index is 173. The lowest BCUT2D eigenvalue weighted by atomic mass is 10.5. The molecule has 0 heterocycles. The summed E-state index contributed by atoms with van der Waals surface area (Å²) < 4.78 is 16.8. The fourth-order valence-electron chi connectivity index (χ4n) is 1.40. The maximum Gasteiger partial charge on any atom is 0.500 e. The Kier molecular flexibility index (Phi) is 6.57. The molecule has 0 aromatic carbocycles. The van der Waals surface area contributed by atoms with Crippen LogP contribution in [0.1, 0.15) is 27.7 Å². The highest BCUT2D eigenvalue weighted by atomic mass is 28.4. The number of nitrogens with two attached hydrogens (primary N) is 1. The van der Waals surface area contributed by atoms with Gasteiger partial charge in [-0.15, -0.1) is 0 Å². The van der Waals surface area contributed by atoms with Crippen LogP contribution in [0.2, 0.25) is 6.55 Å². The normalized spacial score (nSPS) is 16.4. The van der Waals surface area contributed by atoms with E-state index in [1.54, 1.807) is 6.92 Å². The Morgan fingerprint density at radius 1 is 1.20 bits per heavy atom. The molecule has 0 aliphatic rings. The van der Waals surface area contributed by atoms with E-state index in [2.05, 4.69) is 5.32 Å². The smallest absolute Gasteiger partial charge is 0.374 e. The molecule has 92 valence electrons. The summed E-state index contributed by atoms with van der Waals surface area (Å²) in [6, 6.07) is 0. The fourth-order valence-corrected chi connectivity index (χ4v) is 3.49. The molecule has 0 aliphatic carbocycles. The van der Waals surface area contributed by atoms with Gasteiger partial charge in [0.2, 0.25) is 0 Å². The summed E-state index contributed by atoms with van der Waals surface area (Å²) in [7, 11) is -2.61. The number of rotatable bonds is 8. The summed E-state index contributed by atoms with van der Waals surface area (Å²) in [5, 5.41) is 3.02. The Balaban J connectivity index is 4.37. The molecule has 0 aromatic rings. The Hall–Kier alpha value is 0.0169. The van der Waals surface area contributed by atoms with Crippen LogP contribution < -0.4 is 11.1 Å². The summed E-state index contributed by atoms with van der Waals surface area (Å²) in [6.45, 7) is 11.3. The van der Waals surface area contributed by atoms with Crippen LogP contribution in [0.15, 0.2) is 0 Å². The molecular formula is C9H24N2O3Si. The van der Waals surface area contributed by atoms with Crippen LogP contribution in [0.5, 0.6) is 0 Å². The van der Waals surface area contributed by atoms with Crippen LogP contribution in [-0.2, 0) is 13.3 Å². The first-order valence-corrected chi connectivity index (χ1v) is 7.63. The summed E-state index contributed by atoms with van der Waals surface area (Å²) in [4.78, 5) is 0. The van der Waals surface area contributed by atoms with E-state index in [0.717, 1.165) is 6.54 Å². The third-order valence-corrected chi connectivity index (χ3v) is 4.16. The van der Waals surface area contributed by atoms with E-state index in [4.69, 9.17) is 19.0 Å². The SMILES string of the molecule is CCNC(C)(N)O[Si](C)(OCC)OCC. The highest BCUT2D eigenvalue weighted by Crippen LogP contribution is 2.14. The predicted octanol–water partition coefficient (Wildman–Crippen LogP) is 0.887. The third-order valence-electron chi connectivity index (χ3n) is 1.74. The molecule has 3 N–H and O–H groups in total. The first kappa shape index (κ1) is 15.0. The van der Waals surface area contributed by atoms with Crippen LogP contribution in [0.3, 0.4) is 0 Å². The summed E-state index contributed by atoms with van der Waals surface area (Å²) in [5.74, 6) is -0.903. The summed E-state index contributed by atoms with van der Waals surface area (Å²) in [5.41, 5.74) is 5.92. The van der Waals surface area contributed by atoms with Gasteiger partial charge in [-0.25, -0.2) is 0 Å². The predicted molar refractivity (Wildman–Crippen MR) is 62.2 cm³/mol. The molecule has 0 rings (SSSR count). The molecule has 0 aromatic heterocycles. The molecule has 0 bridgehead atoms. The molecule has 1 unspecified atom stereocenters. The molecule has 1 atom stereocenters. The van der Waals surface area contributed by atoms with Gasteiger partial charge in [0, 0.05) is 19.8 Å². The Morgan fingerprint density at radius 2 is 1.67 bits per heavy atom. The second kappa shape index (κ2) is 6.57. The zero-order valence-electron chi connectivity index (χ0n) is 10.4. The first-order chi connectivity index (χ1) is 6.89. The molecule has 5 nitrogen and oxygen atoms in total. The van der Waals surface area contributed by atoms with Crippen LogP contribution in [0.4, 0.5) is 0 Å². The van der Waals surface area contributed by atoms with E-state index in [0.29, 0.717) is 13.2 Å². The van der Waals surface area contributed by atoms with Crippen molar-refractivity contribution in [2.24, 2.45) is 5.73 Å². The van der Waals surface area contributed by atoms with Gasteiger partial charge in [0.05, 0.1) is 0 Å². The molecule has 15 heavy (non-hydrogen) atoms. The summed E-state index contributed by atoms with van der Waals surface area (Å²) in [6.07, 6.45) is 0. The standard InChI is InChI=1S/C9H24N2O3Si/c1-6-11-9(4,10)14-15(5,12-7-2)13-8-3/h11H,6-8,10H2,1-5H3. The van der Waals surface area contributed by atoms with Gasteiger partial charge in [-0.3, -0.25) is 11.1 Å². The number of nitrogens with one attached hydrogen (secondary N) is 1. The number of hydrogen-bond acceptors (Lipinski definition) is 5. The highest BCUT2D eigenvalue weighted by molar-refractivity contribution is 6.59. The average molecular weight is 236 g/mol. The van der Waals surface area contributed by atoms with Gasteiger partial charge >= 0.3 is 8.80 Å². The van der Waals surface area contributed by atoms with E-state index < -0.39 is 14.7 Å². The van der Waals surface area contributed by atoms with Crippen LogP contribution in [0.25, 0.3) is 0 Å². The highest BCUT2D eigenvalue weighted by Gasteiger charge is 2.40. The van der Waals surface area contributed by atoms with E-state index in [1.807, 2.05) is 27.3 Å². The van der Waals surface area contributed by atoms with Crippen molar-refractivity contribution >= 4 is 8.80 Å². The van der Waals surface area contributed by atoms with Crippen molar-refractivity contribution in [2.75, 3.05) is 19.8 Å². The van der Waals surface area contributed by atoms with Crippen LogP contribution in [0, 0.1) is 0 Å². The van der Waals surface area contributed by atoms with E-state index in [-0.39, 0.29) is 0 Å². The van der Waals surface area contributed by atoms with Crippen LogP contribution in [-0.4, -0.2) is 34.4 Å². The van der Waals surface area contributed by atoms with Crippen molar-refractivity contribution in [3.63, 3.8) is 0 Å². The molecule has 0 radical (unpaired) electrons. The minimum Gasteiger partial charge on any atom is -0.374 e. The zero-order chi connectivity index (χ0) is 11.9. The van der Waals surface area contributed by atoms with E-state index in [9.17, 15) is 0 Å². The Morgan fingerprint density at radius 3 is 2.00 bits per heavy atom. The van der Waals surface area contributed by atoms with E-state index in [1.165, 1.54) is 0 Å². The zero-order valence-corrected chi connectivity index (χ0v) is 11.4. The fraction of sp³-hybridized carbons (Fsp3) is 1.00. The minimum absolute atomic E-state index is 0.560. The molecule has 0 fully saturated rings. The van der Waals surface area contributed by atoms with Gasteiger partial charge in [0.25, 0.3) is 0 Å². The molecule has 0 amide bonds. The van der Waals surface area contributed by atoms with Gasteiger partial charge in [0.1, 0.15) is 0 Å². The molecule has 6 heteroatoms. The second-order valence-corrected chi connectivity index (χ2v) is 5.97. The van der Waals surface area contributed by atoms with Crippen molar-refractivity contribution in [1.82, 2.24) is 5.32 Å². The molecular weight excluding hydrogens is 212 g/mol. The molecule has 0 saturated carbocycles. The quantitative estimate of drug-likeness (QED) is 0.484. The lowest BCUT2D eigenvalue weighted by Crippen LogP contribution is -2.61. The molecule has 0 aliphatic heterocycles. The second-order valence-electron chi connectivity index (χ2n) is 3.47. The molecule has 0 spiro atoms. The van der Waals surface area contributed by atoms with Gasteiger partial charge in [0.15, 0.2) is 5.85 Å². The Labute approximate surface area is 93.6 Å².